The minimum absolute atomic E-state index is 0.105. The zero-order valence-corrected chi connectivity index (χ0v) is 16.3. The molecule has 1 amide bonds. The summed E-state index contributed by atoms with van der Waals surface area (Å²) in [6.07, 6.45) is 9.02. The lowest BCUT2D eigenvalue weighted by Gasteiger charge is -2.26. The van der Waals surface area contributed by atoms with E-state index in [0.717, 1.165) is 62.8 Å². The number of hydrogen-bond acceptors (Lipinski definition) is 5. The SMILES string of the molecule is CN(Cc1c(C(=O)N2CCCCCCC2)nc2sccn12)[C@@H]1CCOC1. The quantitative estimate of drug-likeness (QED) is 0.823. The smallest absolute Gasteiger partial charge is 0.274 e. The van der Waals surface area contributed by atoms with Gasteiger partial charge in [-0.1, -0.05) is 19.3 Å². The minimum Gasteiger partial charge on any atom is -0.380 e. The van der Waals surface area contributed by atoms with Crippen molar-refractivity contribution in [3.8, 4) is 0 Å². The number of amides is 1. The molecule has 2 saturated heterocycles. The number of rotatable bonds is 4. The van der Waals surface area contributed by atoms with Crippen LogP contribution >= 0.6 is 11.3 Å². The number of likely N-dealkylation sites (N-methyl/N-ethyl adjacent to an activating group) is 1. The molecule has 2 aromatic heterocycles. The molecule has 2 fully saturated rings. The molecule has 26 heavy (non-hydrogen) atoms. The molecule has 0 spiro atoms. The van der Waals surface area contributed by atoms with E-state index < -0.39 is 0 Å². The fraction of sp³-hybridized carbons (Fsp3) is 0.684. The predicted molar refractivity (Wildman–Crippen MR) is 103 cm³/mol. The third kappa shape index (κ3) is 3.66. The molecule has 0 aliphatic carbocycles. The fourth-order valence-corrected chi connectivity index (χ4v) is 4.72. The van der Waals surface area contributed by atoms with E-state index in [1.54, 1.807) is 11.3 Å². The normalized spacial score (nSPS) is 22.1. The van der Waals surface area contributed by atoms with E-state index in [9.17, 15) is 4.79 Å². The topological polar surface area (TPSA) is 50.1 Å². The molecule has 0 saturated carbocycles. The number of nitrogens with zero attached hydrogens (tertiary/aromatic N) is 4. The molecule has 0 bridgehead atoms. The molecule has 142 valence electrons. The van der Waals surface area contributed by atoms with Gasteiger partial charge in [0.05, 0.1) is 12.3 Å². The second-order valence-electron chi connectivity index (χ2n) is 7.46. The van der Waals surface area contributed by atoms with Crippen LogP contribution in [-0.4, -0.2) is 64.5 Å². The van der Waals surface area contributed by atoms with Crippen LogP contribution in [0.5, 0.6) is 0 Å². The van der Waals surface area contributed by atoms with Crippen LogP contribution in [0, 0.1) is 0 Å². The van der Waals surface area contributed by atoms with Gasteiger partial charge in [0.1, 0.15) is 0 Å². The molecule has 2 aromatic rings. The molecule has 4 rings (SSSR count). The number of thiazole rings is 1. The van der Waals surface area contributed by atoms with Crippen molar-refractivity contribution in [3.05, 3.63) is 23.0 Å². The molecule has 6 nitrogen and oxygen atoms in total. The Labute approximate surface area is 158 Å². The summed E-state index contributed by atoms with van der Waals surface area (Å²) in [6.45, 7) is 4.04. The lowest BCUT2D eigenvalue weighted by atomic mass is 10.1. The average molecular weight is 377 g/mol. The maximum atomic E-state index is 13.3. The Bertz CT molecular complexity index is 742. The van der Waals surface area contributed by atoms with Crippen LogP contribution < -0.4 is 0 Å². The van der Waals surface area contributed by atoms with E-state index in [4.69, 9.17) is 9.72 Å². The van der Waals surface area contributed by atoms with Crippen LogP contribution in [0.1, 0.15) is 54.7 Å². The lowest BCUT2D eigenvalue weighted by molar-refractivity contribution is 0.0734. The van der Waals surface area contributed by atoms with Crippen LogP contribution in [0.3, 0.4) is 0 Å². The van der Waals surface area contributed by atoms with Gasteiger partial charge < -0.3 is 9.64 Å². The molecule has 2 aliphatic heterocycles. The predicted octanol–water partition coefficient (Wildman–Crippen LogP) is 3.02. The van der Waals surface area contributed by atoms with E-state index in [2.05, 4.69) is 16.3 Å². The minimum atomic E-state index is 0.105. The summed E-state index contributed by atoms with van der Waals surface area (Å²) in [6, 6.07) is 0.420. The van der Waals surface area contributed by atoms with Crippen LogP contribution in [0.15, 0.2) is 11.6 Å². The van der Waals surface area contributed by atoms with Crippen LogP contribution in [0.25, 0.3) is 4.96 Å². The average Bonchev–Trinajstić information content (AvgIpc) is 3.32. The van der Waals surface area contributed by atoms with Crippen molar-refractivity contribution in [3.63, 3.8) is 0 Å². The van der Waals surface area contributed by atoms with E-state index in [-0.39, 0.29) is 5.91 Å². The van der Waals surface area contributed by atoms with Gasteiger partial charge in [-0.05, 0) is 26.3 Å². The second-order valence-corrected chi connectivity index (χ2v) is 8.33. The summed E-state index contributed by atoms with van der Waals surface area (Å²) >= 11 is 1.59. The molecule has 0 aromatic carbocycles. The number of carbonyl (C=O) groups excluding carboxylic acids is 1. The largest absolute Gasteiger partial charge is 0.380 e. The highest BCUT2D eigenvalue weighted by Gasteiger charge is 2.28. The van der Waals surface area contributed by atoms with Gasteiger partial charge in [-0.2, -0.15) is 0 Å². The Morgan fingerprint density at radius 1 is 1.31 bits per heavy atom. The number of fused-ring (bicyclic) bond motifs is 1. The third-order valence-corrected chi connectivity index (χ3v) is 6.39. The number of aromatic nitrogens is 2. The first-order valence-corrected chi connectivity index (χ1v) is 10.6. The fourth-order valence-electron chi connectivity index (χ4n) is 3.99. The van der Waals surface area contributed by atoms with Crippen molar-refractivity contribution >= 4 is 22.2 Å². The molecule has 1 atom stereocenters. The molecule has 2 aliphatic rings. The second kappa shape index (κ2) is 8.06. The van der Waals surface area contributed by atoms with Gasteiger partial charge in [0.2, 0.25) is 0 Å². The van der Waals surface area contributed by atoms with Gasteiger partial charge in [-0.3, -0.25) is 14.1 Å². The molecule has 0 unspecified atom stereocenters. The van der Waals surface area contributed by atoms with Gasteiger partial charge in [0, 0.05) is 43.9 Å². The monoisotopic (exact) mass is 376 g/mol. The number of likely N-dealkylation sites (tertiary alicyclic amines) is 1. The number of hydrogen-bond donors (Lipinski definition) is 0. The third-order valence-electron chi connectivity index (χ3n) is 5.64. The first-order valence-electron chi connectivity index (χ1n) is 9.76. The van der Waals surface area contributed by atoms with E-state index >= 15 is 0 Å². The van der Waals surface area contributed by atoms with Crippen molar-refractivity contribution in [2.45, 2.75) is 51.1 Å². The Hall–Kier alpha value is -1.44. The van der Waals surface area contributed by atoms with E-state index in [0.29, 0.717) is 11.7 Å². The van der Waals surface area contributed by atoms with E-state index in [1.165, 1.54) is 19.3 Å². The van der Waals surface area contributed by atoms with Gasteiger partial charge in [0.15, 0.2) is 10.7 Å². The van der Waals surface area contributed by atoms with Crippen LogP contribution in [-0.2, 0) is 11.3 Å². The van der Waals surface area contributed by atoms with Gasteiger partial charge in [-0.25, -0.2) is 4.98 Å². The maximum Gasteiger partial charge on any atom is 0.274 e. The lowest BCUT2D eigenvalue weighted by Crippen LogP contribution is -2.36. The number of ether oxygens (including phenoxy) is 1. The summed E-state index contributed by atoms with van der Waals surface area (Å²) in [5.41, 5.74) is 1.66. The van der Waals surface area contributed by atoms with Crippen molar-refractivity contribution in [2.75, 3.05) is 33.4 Å². The summed E-state index contributed by atoms with van der Waals surface area (Å²) < 4.78 is 7.62. The Morgan fingerprint density at radius 2 is 2.08 bits per heavy atom. The van der Waals surface area contributed by atoms with Crippen molar-refractivity contribution < 1.29 is 9.53 Å². The van der Waals surface area contributed by atoms with Gasteiger partial charge in [-0.15, -0.1) is 11.3 Å². The summed E-state index contributed by atoms with van der Waals surface area (Å²) in [5.74, 6) is 0.105. The van der Waals surface area contributed by atoms with Crippen LogP contribution in [0.4, 0.5) is 0 Å². The number of carbonyl (C=O) groups is 1. The Morgan fingerprint density at radius 3 is 2.81 bits per heavy atom. The molecule has 0 N–H and O–H groups in total. The summed E-state index contributed by atoms with van der Waals surface area (Å²) in [4.78, 5) is 23.2. The first kappa shape index (κ1) is 17.9. The highest BCUT2D eigenvalue weighted by molar-refractivity contribution is 7.15. The van der Waals surface area contributed by atoms with Crippen LogP contribution in [0.2, 0.25) is 0 Å². The standard InChI is InChI=1S/C19H28N4O2S/c1-21(15-7-11-25-14-15)13-16-17(20-19-23(16)10-12-26-19)18(24)22-8-5-3-2-4-6-9-22/h10,12,15H,2-9,11,13-14H2,1H3/t15-/m1/s1. The summed E-state index contributed by atoms with van der Waals surface area (Å²) in [7, 11) is 2.12. The molecule has 7 heteroatoms. The molecule has 4 heterocycles. The van der Waals surface area contributed by atoms with Crippen molar-refractivity contribution in [2.24, 2.45) is 0 Å². The maximum absolute atomic E-state index is 13.3. The van der Waals surface area contributed by atoms with Gasteiger partial charge in [0.25, 0.3) is 5.91 Å². The summed E-state index contributed by atoms with van der Waals surface area (Å²) in [5, 5.41) is 2.04. The number of imidazole rings is 1. The van der Waals surface area contributed by atoms with Gasteiger partial charge >= 0.3 is 0 Å². The Kier molecular flexibility index (Phi) is 5.57. The zero-order chi connectivity index (χ0) is 17.9. The van der Waals surface area contributed by atoms with E-state index in [1.807, 2.05) is 16.5 Å². The van der Waals surface area contributed by atoms with Crippen molar-refractivity contribution in [1.82, 2.24) is 19.2 Å². The molecule has 0 radical (unpaired) electrons. The highest BCUT2D eigenvalue weighted by atomic mass is 32.1. The highest BCUT2D eigenvalue weighted by Crippen LogP contribution is 2.23. The molecular formula is C19H28N4O2S. The Balaban J connectivity index is 1.59. The first-order chi connectivity index (χ1) is 12.7. The van der Waals surface area contributed by atoms with Crippen molar-refractivity contribution in [1.29, 1.82) is 0 Å². The zero-order valence-electron chi connectivity index (χ0n) is 15.5. The molecular weight excluding hydrogens is 348 g/mol.